The van der Waals surface area contributed by atoms with Gasteiger partial charge in [0.2, 0.25) is 0 Å². The summed E-state index contributed by atoms with van der Waals surface area (Å²) in [6.07, 6.45) is 0. The summed E-state index contributed by atoms with van der Waals surface area (Å²) >= 11 is 1.63. The molecule has 0 saturated heterocycles. The Morgan fingerprint density at radius 1 is 0.935 bits per heavy atom. The van der Waals surface area contributed by atoms with Gasteiger partial charge in [0, 0.05) is 21.6 Å². The number of aryl methyl sites for hydroxylation is 1. The van der Waals surface area contributed by atoms with E-state index in [2.05, 4.69) is 10.0 Å². The van der Waals surface area contributed by atoms with Crippen molar-refractivity contribution in [3.63, 3.8) is 0 Å². The van der Waals surface area contributed by atoms with Crippen LogP contribution in [0.15, 0.2) is 77.0 Å². The van der Waals surface area contributed by atoms with Crippen LogP contribution in [0.4, 0.5) is 11.4 Å². The number of ether oxygens (including phenoxy) is 1. The van der Waals surface area contributed by atoms with Crippen LogP contribution in [0, 0.1) is 6.92 Å². The lowest BCUT2D eigenvalue weighted by molar-refractivity contribution is 0.102. The predicted octanol–water partition coefficient (Wildman–Crippen LogP) is 5.27. The smallest absolute Gasteiger partial charge is 0.261 e. The van der Waals surface area contributed by atoms with Crippen molar-refractivity contribution in [1.29, 1.82) is 0 Å². The lowest BCUT2D eigenvalue weighted by Crippen LogP contribution is -2.17. The van der Waals surface area contributed by atoms with Gasteiger partial charge in [0.05, 0.1) is 12.0 Å². The molecule has 0 saturated carbocycles. The van der Waals surface area contributed by atoms with E-state index in [0.29, 0.717) is 28.3 Å². The van der Waals surface area contributed by atoms with E-state index in [1.54, 1.807) is 48.6 Å². The molecular weight excluding hydrogens is 432 g/mol. The first kappa shape index (κ1) is 20.9. The van der Waals surface area contributed by atoms with E-state index >= 15 is 0 Å². The monoisotopic (exact) mass is 452 g/mol. The van der Waals surface area contributed by atoms with Crippen LogP contribution in [0.25, 0.3) is 10.1 Å². The van der Waals surface area contributed by atoms with Crippen LogP contribution in [-0.4, -0.2) is 21.4 Å². The molecular formula is C23H20N2O4S2. The summed E-state index contributed by atoms with van der Waals surface area (Å²) in [5, 5.41) is 5.89. The van der Waals surface area contributed by atoms with Crippen molar-refractivity contribution >= 4 is 48.7 Å². The summed E-state index contributed by atoms with van der Waals surface area (Å²) in [6.45, 7) is 1.77. The van der Waals surface area contributed by atoms with Crippen molar-refractivity contribution in [3.8, 4) is 5.75 Å². The van der Waals surface area contributed by atoms with Crippen molar-refractivity contribution in [2.24, 2.45) is 0 Å². The Morgan fingerprint density at radius 2 is 1.68 bits per heavy atom. The number of rotatable bonds is 6. The van der Waals surface area contributed by atoms with Crippen LogP contribution in [0.2, 0.25) is 0 Å². The van der Waals surface area contributed by atoms with Gasteiger partial charge in [-0.05, 0) is 83.9 Å². The molecule has 0 atom stereocenters. The molecule has 0 fully saturated rings. The number of amides is 1. The van der Waals surface area contributed by atoms with E-state index < -0.39 is 10.0 Å². The normalized spacial score (nSPS) is 11.3. The van der Waals surface area contributed by atoms with Crippen molar-refractivity contribution in [2.75, 3.05) is 17.1 Å². The SMILES string of the molecule is COc1ccc(NS(=O)(=O)c2ccc(C)c(C(=O)Nc3ccc4sccc4c3)c2)cc1. The van der Waals surface area contributed by atoms with Gasteiger partial charge in [-0.1, -0.05) is 6.07 Å². The van der Waals surface area contributed by atoms with Crippen molar-refractivity contribution in [1.82, 2.24) is 0 Å². The number of sulfonamides is 1. The van der Waals surface area contributed by atoms with Crippen molar-refractivity contribution < 1.29 is 17.9 Å². The van der Waals surface area contributed by atoms with Crippen LogP contribution in [0.3, 0.4) is 0 Å². The number of thiophene rings is 1. The zero-order valence-corrected chi connectivity index (χ0v) is 18.5. The third-order valence-electron chi connectivity index (χ3n) is 4.82. The van der Waals surface area contributed by atoms with E-state index in [4.69, 9.17) is 4.74 Å². The molecule has 0 aliphatic rings. The molecule has 0 unspecified atom stereocenters. The number of anilines is 2. The molecule has 0 aliphatic carbocycles. The van der Waals surface area contributed by atoms with Crippen LogP contribution < -0.4 is 14.8 Å². The summed E-state index contributed by atoms with van der Waals surface area (Å²) in [5.41, 5.74) is 2.02. The Kier molecular flexibility index (Phi) is 5.67. The first-order chi connectivity index (χ1) is 14.9. The Balaban J connectivity index is 1.58. The Labute approximate surface area is 184 Å². The number of fused-ring (bicyclic) bond motifs is 1. The lowest BCUT2D eigenvalue weighted by Gasteiger charge is -2.12. The van der Waals surface area contributed by atoms with Gasteiger partial charge in [0.25, 0.3) is 15.9 Å². The zero-order valence-electron chi connectivity index (χ0n) is 16.9. The standard InChI is InChI=1S/C23H20N2O4S2/c1-15-3-9-20(31(27,28)25-17-4-7-19(29-2)8-5-17)14-21(15)23(26)24-18-6-10-22-16(13-18)11-12-30-22/h3-14,25H,1-2H3,(H,24,26). The van der Waals surface area contributed by atoms with Gasteiger partial charge in [-0.15, -0.1) is 11.3 Å². The molecule has 2 N–H and O–H groups in total. The summed E-state index contributed by atoms with van der Waals surface area (Å²) in [7, 11) is -2.33. The molecule has 31 heavy (non-hydrogen) atoms. The molecule has 0 radical (unpaired) electrons. The average Bonchev–Trinajstić information content (AvgIpc) is 3.22. The fourth-order valence-corrected chi connectivity index (χ4v) is 4.98. The van der Waals surface area contributed by atoms with Crippen molar-refractivity contribution in [3.05, 3.63) is 83.2 Å². The molecule has 6 nitrogen and oxygen atoms in total. The minimum atomic E-state index is -3.87. The first-order valence-electron chi connectivity index (χ1n) is 9.42. The number of hydrogen-bond acceptors (Lipinski definition) is 5. The zero-order chi connectivity index (χ0) is 22.0. The number of methoxy groups -OCH3 is 1. The Bertz CT molecular complexity index is 1360. The molecule has 158 valence electrons. The van der Waals surface area contributed by atoms with Gasteiger partial charge >= 0.3 is 0 Å². The van der Waals surface area contributed by atoms with Gasteiger partial charge in [-0.25, -0.2) is 8.42 Å². The largest absolute Gasteiger partial charge is 0.497 e. The van der Waals surface area contributed by atoms with Crippen LogP contribution in [-0.2, 0) is 10.0 Å². The average molecular weight is 453 g/mol. The van der Waals surface area contributed by atoms with Gasteiger partial charge in [0.15, 0.2) is 0 Å². The Hall–Kier alpha value is -3.36. The highest BCUT2D eigenvalue weighted by atomic mass is 32.2. The second-order valence-corrected chi connectivity index (χ2v) is 9.57. The van der Waals surface area contributed by atoms with Crippen molar-refractivity contribution in [2.45, 2.75) is 11.8 Å². The third kappa shape index (κ3) is 4.55. The fourth-order valence-electron chi connectivity index (χ4n) is 3.13. The molecule has 3 aromatic carbocycles. The molecule has 0 bridgehead atoms. The minimum absolute atomic E-state index is 0.00681. The fraction of sp³-hybridized carbons (Fsp3) is 0.0870. The summed E-state index contributed by atoms with van der Waals surface area (Å²) in [6, 6.07) is 18.7. The number of carbonyl (C=O) groups is 1. The summed E-state index contributed by atoms with van der Waals surface area (Å²) < 4.78 is 34.4. The van der Waals surface area contributed by atoms with E-state index in [1.165, 1.54) is 19.2 Å². The summed E-state index contributed by atoms with van der Waals surface area (Å²) in [4.78, 5) is 12.9. The third-order valence-corrected chi connectivity index (χ3v) is 7.09. The predicted molar refractivity (Wildman–Crippen MR) is 125 cm³/mol. The molecule has 4 rings (SSSR count). The highest BCUT2D eigenvalue weighted by Crippen LogP contribution is 2.25. The molecule has 1 amide bonds. The maximum atomic E-state index is 12.9. The quantitative estimate of drug-likeness (QED) is 0.417. The highest BCUT2D eigenvalue weighted by Gasteiger charge is 2.18. The minimum Gasteiger partial charge on any atom is -0.497 e. The highest BCUT2D eigenvalue weighted by molar-refractivity contribution is 7.92. The molecule has 1 aromatic heterocycles. The van der Waals surface area contributed by atoms with Crippen LogP contribution in [0.5, 0.6) is 5.75 Å². The van der Waals surface area contributed by atoms with Gasteiger partial charge in [0.1, 0.15) is 5.75 Å². The van der Waals surface area contributed by atoms with E-state index in [1.807, 2.05) is 29.6 Å². The number of hydrogen-bond donors (Lipinski definition) is 2. The van der Waals surface area contributed by atoms with E-state index in [0.717, 1.165) is 10.1 Å². The molecule has 1 heterocycles. The molecule has 0 spiro atoms. The molecule has 8 heteroatoms. The first-order valence-corrected chi connectivity index (χ1v) is 11.8. The maximum Gasteiger partial charge on any atom is 0.261 e. The van der Waals surface area contributed by atoms with Gasteiger partial charge in [-0.2, -0.15) is 0 Å². The van der Waals surface area contributed by atoms with Gasteiger partial charge < -0.3 is 10.1 Å². The van der Waals surface area contributed by atoms with E-state index in [9.17, 15) is 13.2 Å². The number of benzene rings is 3. The summed E-state index contributed by atoms with van der Waals surface area (Å²) in [5.74, 6) is 0.256. The van der Waals surface area contributed by atoms with Crippen LogP contribution >= 0.6 is 11.3 Å². The topological polar surface area (TPSA) is 84.5 Å². The second kappa shape index (κ2) is 8.41. The van der Waals surface area contributed by atoms with Crippen LogP contribution in [0.1, 0.15) is 15.9 Å². The molecule has 4 aromatic rings. The second-order valence-electron chi connectivity index (χ2n) is 6.94. The van der Waals surface area contributed by atoms with Gasteiger partial charge in [-0.3, -0.25) is 9.52 Å². The lowest BCUT2D eigenvalue weighted by atomic mass is 10.1. The molecule has 0 aliphatic heterocycles. The number of carbonyl (C=O) groups excluding carboxylic acids is 1. The number of nitrogens with one attached hydrogen (secondary N) is 2. The van der Waals surface area contributed by atoms with E-state index in [-0.39, 0.29) is 10.8 Å². The maximum absolute atomic E-state index is 12.9. The Morgan fingerprint density at radius 3 is 2.42 bits per heavy atom.